The Balaban J connectivity index is 1.86. The summed E-state index contributed by atoms with van der Waals surface area (Å²) in [5, 5.41) is 2.79. The highest BCUT2D eigenvalue weighted by molar-refractivity contribution is 6.30. The van der Waals surface area contributed by atoms with Gasteiger partial charge in [0.1, 0.15) is 5.82 Å². The van der Waals surface area contributed by atoms with E-state index in [4.69, 9.17) is 11.6 Å². The van der Waals surface area contributed by atoms with E-state index in [1.807, 2.05) is 6.07 Å². The summed E-state index contributed by atoms with van der Waals surface area (Å²) in [5.74, 6) is -1.79. The number of carbonyl (C=O) groups excluding carboxylic acids is 2. The van der Waals surface area contributed by atoms with Gasteiger partial charge in [-0.05, 0) is 29.8 Å². The maximum absolute atomic E-state index is 13.9. The predicted octanol–water partition coefficient (Wildman–Crippen LogP) is 3.03. The Morgan fingerprint density at radius 3 is 2.88 bits per heavy atom. The fourth-order valence-electron chi connectivity index (χ4n) is 2.93. The Bertz CT molecular complexity index is 785. The summed E-state index contributed by atoms with van der Waals surface area (Å²) >= 11 is 5.71. The molecule has 1 aromatic heterocycles. The number of aromatic nitrogens is 1. The second kappa shape index (κ2) is 6.57. The minimum atomic E-state index is -0.623. The maximum Gasteiger partial charge on any atom is 0.230 e. The summed E-state index contributed by atoms with van der Waals surface area (Å²) in [6, 6.07) is 7.15. The van der Waals surface area contributed by atoms with Crippen LogP contribution in [0.2, 0.25) is 5.02 Å². The van der Waals surface area contributed by atoms with Crippen LogP contribution < -0.4 is 5.32 Å². The van der Waals surface area contributed by atoms with Crippen LogP contribution in [-0.2, 0) is 9.59 Å². The zero-order valence-electron chi connectivity index (χ0n) is 12.9. The average Bonchev–Trinajstić information content (AvgIpc) is 2.86. The van der Waals surface area contributed by atoms with E-state index in [1.165, 1.54) is 17.0 Å². The lowest BCUT2D eigenvalue weighted by atomic mass is 9.94. The van der Waals surface area contributed by atoms with Crippen molar-refractivity contribution in [2.75, 3.05) is 12.4 Å². The first-order chi connectivity index (χ1) is 11.5. The summed E-state index contributed by atoms with van der Waals surface area (Å²) in [6.45, 7) is 0. The number of rotatable bonds is 3. The summed E-state index contributed by atoms with van der Waals surface area (Å²) in [4.78, 5) is 30.3. The highest BCUT2D eigenvalue weighted by atomic mass is 35.5. The lowest BCUT2D eigenvalue weighted by Gasteiger charge is -2.24. The van der Waals surface area contributed by atoms with Crippen molar-refractivity contribution in [3.63, 3.8) is 0 Å². The van der Waals surface area contributed by atoms with E-state index in [9.17, 15) is 14.0 Å². The Labute approximate surface area is 143 Å². The molecule has 5 nitrogen and oxygen atoms in total. The molecule has 24 heavy (non-hydrogen) atoms. The van der Waals surface area contributed by atoms with Gasteiger partial charge >= 0.3 is 0 Å². The largest absolute Gasteiger partial charge is 0.338 e. The lowest BCUT2D eigenvalue weighted by Crippen LogP contribution is -2.30. The highest BCUT2D eigenvalue weighted by Gasteiger charge is 2.42. The normalized spacial score (nSPS) is 20.3. The van der Waals surface area contributed by atoms with Crippen molar-refractivity contribution in [3.05, 3.63) is 59.1 Å². The second-order valence-corrected chi connectivity index (χ2v) is 6.10. The number of anilines is 1. The summed E-state index contributed by atoms with van der Waals surface area (Å²) in [6.07, 6.45) is 3.32. The monoisotopic (exact) mass is 347 g/mol. The Morgan fingerprint density at radius 2 is 2.21 bits per heavy atom. The number of hydrogen-bond acceptors (Lipinski definition) is 3. The molecule has 2 aromatic rings. The average molecular weight is 348 g/mol. The van der Waals surface area contributed by atoms with Crippen LogP contribution in [0.3, 0.4) is 0 Å². The third-order valence-corrected chi connectivity index (χ3v) is 4.37. The van der Waals surface area contributed by atoms with Crippen LogP contribution in [0.15, 0.2) is 42.7 Å². The first-order valence-corrected chi connectivity index (χ1v) is 7.76. The number of amides is 2. The van der Waals surface area contributed by atoms with Crippen molar-refractivity contribution in [2.24, 2.45) is 5.92 Å². The topological polar surface area (TPSA) is 62.3 Å². The number of benzene rings is 1. The van der Waals surface area contributed by atoms with Crippen molar-refractivity contribution in [3.8, 4) is 0 Å². The molecule has 0 saturated carbocycles. The van der Waals surface area contributed by atoms with Gasteiger partial charge in [0.25, 0.3) is 0 Å². The van der Waals surface area contributed by atoms with Gasteiger partial charge in [0.2, 0.25) is 11.8 Å². The van der Waals surface area contributed by atoms with E-state index in [1.54, 1.807) is 25.5 Å². The van der Waals surface area contributed by atoms with Gasteiger partial charge in [-0.25, -0.2) is 4.39 Å². The Hall–Kier alpha value is -2.47. The van der Waals surface area contributed by atoms with Gasteiger partial charge < -0.3 is 10.2 Å². The van der Waals surface area contributed by atoms with E-state index >= 15 is 0 Å². The summed E-state index contributed by atoms with van der Waals surface area (Å²) < 4.78 is 13.9. The molecule has 2 atom stereocenters. The minimum Gasteiger partial charge on any atom is -0.338 e. The van der Waals surface area contributed by atoms with Crippen LogP contribution >= 0.6 is 11.6 Å². The number of pyridine rings is 1. The Morgan fingerprint density at radius 1 is 1.42 bits per heavy atom. The van der Waals surface area contributed by atoms with E-state index < -0.39 is 23.7 Å². The molecule has 124 valence electrons. The third kappa shape index (κ3) is 3.10. The Kier molecular flexibility index (Phi) is 4.49. The van der Waals surface area contributed by atoms with Crippen LogP contribution in [0.4, 0.5) is 10.1 Å². The molecule has 1 saturated heterocycles. The zero-order chi connectivity index (χ0) is 17.3. The van der Waals surface area contributed by atoms with Crippen molar-refractivity contribution < 1.29 is 14.0 Å². The van der Waals surface area contributed by atoms with Gasteiger partial charge in [-0.2, -0.15) is 0 Å². The van der Waals surface area contributed by atoms with Gasteiger partial charge in [-0.15, -0.1) is 0 Å². The third-order valence-electron chi connectivity index (χ3n) is 4.14. The van der Waals surface area contributed by atoms with Crippen molar-refractivity contribution in [2.45, 2.75) is 12.5 Å². The summed E-state index contributed by atoms with van der Waals surface area (Å²) in [7, 11) is 1.65. The predicted molar refractivity (Wildman–Crippen MR) is 87.9 cm³/mol. The van der Waals surface area contributed by atoms with Gasteiger partial charge in [-0.3, -0.25) is 14.6 Å². The van der Waals surface area contributed by atoms with E-state index in [-0.39, 0.29) is 23.0 Å². The van der Waals surface area contributed by atoms with Crippen LogP contribution in [-0.4, -0.2) is 28.7 Å². The molecule has 1 aromatic carbocycles. The molecule has 3 rings (SSSR count). The van der Waals surface area contributed by atoms with E-state index in [2.05, 4.69) is 10.3 Å². The van der Waals surface area contributed by atoms with Gasteiger partial charge in [0, 0.05) is 30.9 Å². The van der Waals surface area contributed by atoms with Crippen molar-refractivity contribution in [1.29, 1.82) is 0 Å². The van der Waals surface area contributed by atoms with Crippen LogP contribution in [0.1, 0.15) is 18.0 Å². The van der Waals surface area contributed by atoms with Gasteiger partial charge in [0.05, 0.1) is 17.6 Å². The molecular formula is C17H15ClFN3O2. The highest BCUT2D eigenvalue weighted by Crippen LogP contribution is 2.37. The molecule has 2 amide bonds. The summed E-state index contributed by atoms with van der Waals surface area (Å²) in [5.41, 5.74) is 0.805. The molecular weight excluding hydrogens is 333 g/mol. The molecule has 1 aliphatic rings. The smallest absolute Gasteiger partial charge is 0.230 e. The quantitative estimate of drug-likeness (QED) is 0.928. The first-order valence-electron chi connectivity index (χ1n) is 7.39. The standard InChI is InChI=1S/C17H15ClFN3O2/c1-22-15(23)8-12(16(22)10-3-2-6-20-9-10)17(24)21-14-5-4-11(18)7-13(14)19/h2-7,9,12,16H,8H2,1H3,(H,21,24)/t12-,16-/m1/s1. The number of likely N-dealkylation sites (tertiary alicyclic amines) is 1. The number of halogens is 2. The van der Waals surface area contributed by atoms with Gasteiger partial charge in [-0.1, -0.05) is 17.7 Å². The maximum atomic E-state index is 13.9. The molecule has 2 heterocycles. The molecule has 0 spiro atoms. The molecule has 1 N–H and O–H groups in total. The number of hydrogen-bond donors (Lipinski definition) is 1. The van der Waals surface area contributed by atoms with E-state index in [0.717, 1.165) is 11.6 Å². The fraction of sp³-hybridized carbons (Fsp3) is 0.235. The molecule has 7 heteroatoms. The first kappa shape index (κ1) is 16.4. The number of nitrogens with one attached hydrogen (secondary N) is 1. The van der Waals surface area contributed by atoms with Crippen molar-refractivity contribution >= 4 is 29.1 Å². The second-order valence-electron chi connectivity index (χ2n) is 5.66. The zero-order valence-corrected chi connectivity index (χ0v) is 13.6. The molecule has 1 fully saturated rings. The molecule has 0 bridgehead atoms. The van der Waals surface area contributed by atoms with Crippen molar-refractivity contribution in [1.82, 2.24) is 9.88 Å². The van der Waals surface area contributed by atoms with Crippen LogP contribution in [0.25, 0.3) is 0 Å². The minimum absolute atomic E-state index is 0.0383. The molecule has 0 unspecified atom stereocenters. The number of nitrogens with zero attached hydrogens (tertiary/aromatic N) is 2. The lowest BCUT2D eigenvalue weighted by molar-refractivity contribution is -0.127. The molecule has 0 aliphatic carbocycles. The molecule has 1 aliphatic heterocycles. The number of carbonyl (C=O) groups is 2. The fourth-order valence-corrected chi connectivity index (χ4v) is 3.09. The van der Waals surface area contributed by atoms with Gasteiger partial charge in [0.15, 0.2) is 0 Å². The van der Waals surface area contributed by atoms with Crippen LogP contribution in [0, 0.1) is 11.7 Å². The molecule has 0 radical (unpaired) electrons. The SMILES string of the molecule is CN1C(=O)C[C@@H](C(=O)Nc2ccc(Cl)cc2F)[C@H]1c1cccnc1. The van der Waals surface area contributed by atoms with E-state index in [0.29, 0.717) is 0 Å². The van der Waals surface area contributed by atoms with Crippen LogP contribution in [0.5, 0.6) is 0 Å².